The number of aliphatic hydroxyl groups is 1. The van der Waals surface area contributed by atoms with Gasteiger partial charge in [0.2, 0.25) is 0 Å². The van der Waals surface area contributed by atoms with Crippen molar-refractivity contribution in [3.05, 3.63) is 0 Å². The van der Waals surface area contributed by atoms with Crippen molar-refractivity contribution in [1.29, 1.82) is 0 Å². The Kier molecular flexibility index (Phi) is 21.0. The van der Waals surface area contributed by atoms with Crippen LogP contribution in [0.15, 0.2) is 0 Å². The number of unbranched alkanes of at least 4 members (excludes halogenated alkanes) is 18. The van der Waals surface area contributed by atoms with Crippen LogP contribution < -0.4 is 0 Å². The van der Waals surface area contributed by atoms with Gasteiger partial charge in [0.1, 0.15) is 0 Å². The fraction of sp³-hybridized carbons (Fsp3) is 1.00. The van der Waals surface area contributed by atoms with E-state index in [-0.39, 0.29) is 6.10 Å². The van der Waals surface area contributed by atoms with Crippen molar-refractivity contribution in [3.63, 3.8) is 0 Å². The van der Waals surface area contributed by atoms with Crippen molar-refractivity contribution in [1.82, 2.24) is 0 Å². The van der Waals surface area contributed by atoms with E-state index in [0.717, 1.165) is 6.42 Å². The third-order valence-electron chi connectivity index (χ3n) is 5.23. The lowest BCUT2D eigenvalue weighted by Crippen LogP contribution is -1.98. The highest BCUT2D eigenvalue weighted by atomic mass is 16.3. The highest BCUT2D eigenvalue weighted by Crippen LogP contribution is 2.14. The molecular weight excluding hydrogens is 292 g/mol. The molecule has 0 amide bonds. The molecule has 0 bridgehead atoms. The second-order valence-electron chi connectivity index (χ2n) is 8.00. The maximum absolute atomic E-state index is 9.20. The predicted molar refractivity (Wildman–Crippen MR) is 110 cm³/mol. The molecule has 1 heteroatoms. The van der Waals surface area contributed by atoms with Crippen molar-refractivity contribution in [3.8, 4) is 0 Å². The Bertz CT molecular complexity index is 212. The summed E-state index contributed by atoms with van der Waals surface area (Å²) in [5.41, 5.74) is 0. The van der Waals surface area contributed by atoms with Gasteiger partial charge in [-0.25, -0.2) is 0 Å². The van der Waals surface area contributed by atoms with Crippen LogP contribution in [0.25, 0.3) is 0 Å². The van der Waals surface area contributed by atoms with Crippen LogP contribution in [0.1, 0.15) is 142 Å². The molecule has 146 valence electrons. The fourth-order valence-electron chi connectivity index (χ4n) is 3.52. The maximum Gasteiger partial charge on any atom is 0.0512 e. The summed E-state index contributed by atoms with van der Waals surface area (Å²) >= 11 is 0. The molecule has 0 saturated heterocycles. The lowest BCUT2D eigenvalue weighted by molar-refractivity contribution is 0.180. The van der Waals surface area contributed by atoms with Crippen molar-refractivity contribution >= 4 is 0 Å². The van der Waals surface area contributed by atoms with Gasteiger partial charge in [-0.2, -0.15) is 0 Å². The summed E-state index contributed by atoms with van der Waals surface area (Å²) in [6, 6.07) is 0. The predicted octanol–water partition coefficient (Wildman–Crippen LogP) is 8.19. The molecule has 0 aliphatic rings. The summed E-state index contributed by atoms with van der Waals surface area (Å²) in [4.78, 5) is 0. The van der Waals surface area contributed by atoms with Gasteiger partial charge in [0.25, 0.3) is 0 Å². The average Bonchev–Trinajstić information content (AvgIpc) is 2.56. The highest BCUT2D eigenvalue weighted by Gasteiger charge is 1.97. The second-order valence-corrected chi connectivity index (χ2v) is 8.00. The zero-order chi connectivity index (χ0) is 17.7. The van der Waals surface area contributed by atoms with E-state index < -0.39 is 0 Å². The Morgan fingerprint density at radius 2 is 0.708 bits per heavy atom. The Morgan fingerprint density at radius 1 is 0.458 bits per heavy atom. The summed E-state index contributed by atoms with van der Waals surface area (Å²) in [7, 11) is 0. The lowest BCUT2D eigenvalue weighted by atomic mass is 10.0. The van der Waals surface area contributed by atoms with Gasteiger partial charge < -0.3 is 5.11 Å². The van der Waals surface area contributed by atoms with Gasteiger partial charge in [-0.1, -0.05) is 129 Å². The van der Waals surface area contributed by atoms with E-state index in [1.807, 2.05) is 6.92 Å². The maximum atomic E-state index is 9.20. The lowest BCUT2D eigenvalue weighted by Gasteiger charge is -2.05. The third-order valence-corrected chi connectivity index (χ3v) is 5.23. The van der Waals surface area contributed by atoms with Crippen LogP contribution >= 0.6 is 0 Å². The van der Waals surface area contributed by atoms with E-state index in [1.54, 1.807) is 0 Å². The minimum Gasteiger partial charge on any atom is -0.393 e. The molecule has 0 aromatic heterocycles. The minimum atomic E-state index is -0.101. The summed E-state index contributed by atoms with van der Waals surface area (Å²) in [6.07, 6.45) is 27.9. The molecule has 0 saturated carbocycles. The van der Waals surface area contributed by atoms with Gasteiger partial charge in [0.15, 0.2) is 0 Å². The number of aliphatic hydroxyl groups excluding tert-OH is 1. The first kappa shape index (κ1) is 24.0. The van der Waals surface area contributed by atoms with Crippen LogP contribution in [0.3, 0.4) is 0 Å². The molecule has 1 unspecified atom stereocenters. The molecule has 0 aromatic carbocycles. The van der Waals surface area contributed by atoms with Crippen molar-refractivity contribution in [2.45, 2.75) is 148 Å². The third kappa shape index (κ3) is 22.0. The molecule has 0 aliphatic carbocycles. The number of hydrogen-bond donors (Lipinski definition) is 1. The Balaban J connectivity index is 2.95. The van der Waals surface area contributed by atoms with Gasteiger partial charge in [0.05, 0.1) is 6.10 Å². The van der Waals surface area contributed by atoms with Gasteiger partial charge in [-0.3, -0.25) is 0 Å². The summed E-state index contributed by atoms with van der Waals surface area (Å²) in [6.45, 7) is 4.19. The van der Waals surface area contributed by atoms with E-state index in [9.17, 15) is 5.11 Å². The van der Waals surface area contributed by atoms with Crippen LogP contribution in [-0.2, 0) is 0 Å². The molecule has 0 fully saturated rings. The summed E-state index contributed by atoms with van der Waals surface area (Å²) in [5.74, 6) is 0. The van der Waals surface area contributed by atoms with Gasteiger partial charge in [-0.05, 0) is 13.3 Å². The molecule has 0 rings (SSSR count). The van der Waals surface area contributed by atoms with E-state index >= 15 is 0 Å². The Morgan fingerprint density at radius 3 is 0.958 bits per heavy atom. The smallest absolute Gasteiger partial charge is 0.0512 e. The molecule has 1 nitrogen and oxygen atoms in total. The Hall–Kier alpha value is -0.0400. The highest BCUT2D eigenvalue weighted by molar-refractivity contribution is 4.52. The quantitative estimate of drug-likeness (QED) is 0.221. The first-order valence-corrected chi connectivity index (χ1v) is 11.5. The fourth-order valence-corrected chi connectivity index (χ4v) is 3.52. The summed E-state index contributed by atoms with van der Waals surface area (Å²) < 4.78 is 0. The normalized spacial score (nSPS) is 12.6. The molecule has 24 heavy (non-hydrogen) atoms. The van der Waals surface area contributed by atoms with Crippen molar-refractivity contribution < 1.29 is 5.11 Å². The molecule has 0 heterocycles. The van der Waals surface area contributed by atoms with Crippen molar-refractivity contribution in [2.24, 2.45) is 0 Å². The zero-order valence-corrected chi connectivity index (χ0v) is 17.2. The zero-order valence-electron chi connectivity index (χ0n) is 17.2. The average molecular weight is 341 g/mol. The van der Waals surface area contributed by atoms with Gasteiger partial charge in [0, 0.05) is 0 Å². The van der Waals surface area contributed by atoms with Gasteiger partial charge in [-0.15, -0.1) is 0 Å². The molecule has 0 aliphatic heterocycles. The minimum absolute atomic E-state index is 0.101. The first-order valence-electron chi connectivity index (χ1n) is 11.5. The second kappa shape index (κ2) is 21.0. The molecular formula is C23H48O. The van der Waals surface area contributed by atoms with Crippen LogP contribution in [0, 0.1) is 0 Å². The topological polar surface area (TPSA) is 20.2 Å². The Labute approximate surface area is 154 Å². The molecule has 1 atom stereocenters. The van der Waals surface area contributed by atoms with E-state index in [0.29, 0.717) is 0 Å². The van der Waals surface area contributed by atoms with Crippen LogP contribution in [0.4, 0.5) is 0 Å². The number of hydrogen-bond acceptors (Lipinski definition) is 1. The number of rotatable bonds is 20. The first-order chi connectivity index (χ1) is 11.8. The monoisotopic (exact) mass is 340 g/mol. The van der Waals surface area contributed by atoms with E-state index in [1.165, 1.54) is 122 Å². The van der Waals surface area contributed by atoms with E-state index in [2.05, 4.69) is 6.92 Å². The SMILES string of the molecule is CCCCCCCCCCCCCCCCCCCCCC(C)O. The van der Waals surface area contributed by atoms with E-state index in [4.69, 9.17) is 0 Å². The van der Waals surface area contributed by atoms with Crippen LogP contribution in [0.2, 0.25) is 0 Å². The van der Waals surface area contributed by atoms with Crippen LogP contribution in [-0.4, -0.2) is 11.2 Å². The summed E-state index contributed by atoms with van der Waals surface area (Å²) in [5, 5.41) is 9.20. The largest absolute Gasteiger partial charge is 0.393 e. The standard InChI is InChI=1S/C23H48O/c1-3-4-5-6-7-8-9-10-11-12-13-14-15-16-17-18-19-20-21-22-23(2)24/h23-24H,3-22H2,1-2H3. The van der Waals surface area contributed by atoms with Gasteiger partial charge >= 0.3 is 0 Å². The molecule has 1 N–H and O–H groups in total. The van der Waals surface area contributed by atoms with Crippen LogP contribution in [0.5, 0.6) is 0 Å². The van der Waals surface area contributed by atoms with Crippen molar-refractivity contribution in [2.75, 3.05) is 0 Å². The molecule has 0 radical (unpaired) electrons. The molecule has 0 spiro atoms. The molecule has 0 aromatic rings.